The van der Waals surface area contributed by atoms with Gasteiger partial charge < -0.3 is 0 Å². The van der Waals surface area contributed by atoms with Crippen LogP contribution in [0.25, 0.3) is 0 Å². The number of hydrogen-bond acceptors (Lipinski definition) is 1. The molecule has 0 saturated carbocycles. The molecule has 3 rings (SSSR count). The molecule has 0 saturated heterocycles. The monoisotopic (exact) mass is 277 g/mol. The summed E-state index contributed by atoms with van der Waals surface area (Å²) in [6.07, 6.45) is 0. The maximum atomic E-state index is 14.0. The fourth-order valence-corrected chi connectivity index (χ4v) is 2.85. The first-order valence-corrected chi connectivity index (χ1v) is 6.54. The second-order valence-corrected chi connectivity index (χ2v) is 5.09. The molecule has 1 nitrogen and oxygen atoms in total. The minimum absolute atomic E-state index is 0.118. The van der Waals surface area contributed by atoms with Gasteiger partial charge in [-0.15, -0.1) is 9.60 Å². The lowest BCUT2D eigenvalue weighted by Gasteiger charge is -2.34. The third-order valence-electron chi connectivity index (χ3n) is 3.94. The molecular formula is C16H14F3N. The minimum atomic E-state index is -0.946. The average molecular weight is 277 g/mol. The highest BCUT2D eigenvalue weighted by Crippen LogP contribution is 2.41. The van der Waals surface area contributed by atoms with Crippen molar-refractivity contribution in [3.8, 4) is 0 Å². The van der Waals surface area contributed by atoms with Crippen molar-refractivity contribution in [3.05, 3.63) is 70.8 Å². The zero-order chi connectivity index (χ0) is 14.3. The lowest BCUT2D eigenvalue weighted by molar-refractivity contribution is -0.0292. The molecule has 2 unspecified atom stereocenters. The number of halogens is 3. The molecule has 4 heteroatoms. The molecule has 104 valence electrons. The molecule has 0 fully saturated rings. The van der Waals surface area contributed by atoms with Crippen LogP contribution < -0.4 is 0 Å². The van der Waals surface area contributed by atoms with Gasteiger partial charge in [0.05, 0.1) is 6.04 Å². The fraction of sp³-hybridized carbons (Fsp3) is 0.250. The van der Waals surface area contributed by atoms with E-state index in [4.69, 9.17) is 0 Å². The molecule has 1 aliphatic heterocycles. The summed E-state index contributed by atoms with van der Waals surface area (Å²) in [5.41, 5.74) is 1.68. The fourth-order valence-electron chi connectivity index (χ4n) is 2.85. The van der Waals surface area contributed by atoms with Crippen molar-refractivity contribution < 1.29 is 13.3 Å². The summed E-state index contributed by atoms with van der Waals surface area (Å²) in [6, 6.07) is 11.2. The highest BCUT2D eigenvalue weighted by Gasteiger charge is 2.34. The van der Waals surface area contributed by atoms with E-state index in [2.05, 4.69) is 0 Å². The van der Waals surface area contributed by atoms with Gasteiger partial charge in [0, 0.05) is 18.0 Å². The summed E-state index contributed by atoms with van der Waals surface area (Å²) in [6.45, 7) is 1.69. The summed E-state index contributed by atoms with van der Waals surface area (Å²) in [5, 5.41) is 0.572. The van der Waals surface area contributed by atoms with E-state index in [9.17, 15) is 13.3 Å². The second kappa shape index (κ2) is 4.94. The number of benzene rings is 2. The first-order valence-electron chi connectivity index (χ1n) is 6.54. The predicted octanol–water partition coefficient (Wildman–Crippen LogP) is 4.36. The third kappa shape index (κ3) is 2.00. The molecular weight excluding hydrogens is 263 g/mol. The van der Waals surface area contributed by atoms with Gasteiger partial charge in [0.1, 0.15) is 0 Å². The Hall–Kier alpha value is -1.81. The van der Waals surface area contributed by atoms with Gasteiger partial charge in [-0.2, -0.15) is 0 Å². The quantitative estimate of drug-likeness (QED) is 0.700. The van der Waals surface area contributed by atoms with Gasteiger partial charge >= 0.3 is 0 Å². The summed E-state index contributed by atoms with van der Waals surface area (Å²) >= 11 is 0. The van der Waals surface area contributed by atoms with Gasteiger partial charge in [-0.3, -0.25) is 0 Å². The Labute approximate surface area is 115 Å². The molecule has 2 aromatic rings. The van der Waals surface area contributed by atoms with Crippen LogP contribution in [-0.4, -0.2) is 11.7 Å². The van der Waals surface area contributed by atoms with E-state index in [1.54, 1.807) is 13.0 Å². The normalized spacial score (nSPS) is 22.6. The molecule has 0 aromatic heterocycles. The van der Waals surface area contributed by atoms with E-state index in [1.807, 2.05) is 30.3 Å². The molecule has 20 heavy (non-hydrogen) atoms. The average Bonchev–Trinajstić information content (AvgIpc) is 2.47. The van der Waals surface area contributed by atoms with E-state index in [0.717, 1.165) is 11.6 Å². The molecule has 0 aliphatic carbocycles. The molecule has 0 spiro atoms. The summed E-state index contributed by atoms with van der Waals surface area (Å²) < 4.78 is 41.5. The topological polar surface area (TPSA) is 3.24 Å². The zero-order valence-electron chi connectivity index (χ0n) is 11.0. The number of fused-ring (bicyclic) bond motifs is 1. The third-order valence-corrected chi connectivity index (χ3v) is 3.94. The number of hydrogen-bond donors (Lipinski definition) is 0. The van der Waals surface area contributed by atoms with Crippen molar-refractivity contribution in [2.24, 2.45) is 0 Å². The van der Waals surface area contributed by atoms with Crippen molar-refractivity contribution in [3.63, 3.8) is 0 Å². The van der Waals surface area contributed by atoms with Crippen LogP contribution in [0.5, 0.6) is 0 Å². The van der Waals surface area contributed by atoms with E-state index in [1.165, 1.54) is 0 Å². The van der Waals surface area contributed by atoms with E-state index in [0.29, 0.717) is 10.7 Å². The molecule has 0 N–H and O–H groups in total. The number of nitrogens with zero attached hydrogens (tertiary/aromatic N) is 1. The predicted molar refractivity (Wildman–Crippen MR) is 70.9 cm³/mol. The first-order chi connectivity index (χ1) is 9.59. The van der Waals surface area contributed by atoms with E-state index < -0.39 is 17.7 Å². The molecule has 0 radical (unpaired) electrons. The van der Waals surface area contributed by atoms with Crippen molar-refractivity contribution >= 4 is 0 Å². The lowest BCUT2D eigenvalue weighted by Crippen LogP contribution is -2.32. The second-order valence-electron chi connectivity index (χ2n) is 5.09. The number of rotatable bonds is 1. The highest BCUT2D eigenvalue weighted by molar-refractivity contribution is 5.42. The Morgan fingerprint density at radius 1 is 1.05 bits per heavy atom. The van der Waals surface area contributed by atoms with Gasteiger partial charge in [-0.05, 0) is 24.1 Å². The van der Waals surface area contributed by atoms with Crippen molar-refractivity contribution in [1.29, 1.82) is 0 Å². The zero-order valence-corrected chi connectivity index (χ0v) is 11.0. The first kappa shape index (κ1) is 13.2. The van der Waals surface area contributed by atoms with Crippen LogP contribution in [0.15, 0.2) is 42.5 Å². The Kier molecular flexibility index (Phi) is 3.26. The summed E-state index contributed by atoms with van der Waals surface area (Å²) in [5.74, 6) is -2.17. The van der Waals surface area contributed by atoms with Crippen LogP contribution in [0.4, 0.5) is 13.3 Å². The summed E-state index contributed by atoms with van der Waals surface area (Å²) in [4.78, 5) is 0. The van der Waals surface area contributed by atoms with Crippen LogP contribution in [0.3, 0.4) is 0 Å². The molecule has 1 aliphatic rings. The Morgan fingerprint density at radius 2 is 1.75 bits per heavy atom. The Bertz CT molecular complexity index is 627. The Balaban J connectivity index is 2.18. The van der Waals surface area contributed by atoms with Crippen molar-refractivity contribution in [2.75, 3.05) is 6.54 Å². The van der Waals surface area contributed by atoms with Gasteiger partial charge in [-0.1, -0.05) is 36.4 Å². The molecule has 2 atom stereocenters. The molecule has 0 amide bonds. The van der Waals surface area contributed by atoms with Crippen molar-refractivity contribution in [2.45, 2.75) is 18.9 Å². The van der Waals surface area contributed by atoms with Gasteiger partial charge in [0.2, 0.25) is 0 Å². The van der Waals surface area contributed by atoms with Gasteiger partial charge in [0.15, 0.2) is 11.6 Å². The maximum absolute atomic E-state index is 14.0. The van der Waals surface area contributed by atoms with Crippen LogP contribution in [-0.2, 0) is 0 Å². The van der Waals surface area contributed by atoms with E-state index >= 15 is 0 Å². The van der Waals surface area contributed by atoms with Crippen molar-refractivity contribution in [1.82, 2.24) is 5.12 Å². The minimum Gasteiger partial charge on any atom is -0.204 e. The van der Waals surface area contributed by atoms with Crippen LogP contribution >= 0.6 is 0 Å². The lowest BCUT2D eigenvalue weighted by atomic mass is 9.82. The molecule has 0 bridgehead atoms. The summed E-state index contributed by atoms with van der Waals surface area (Å²) in [7, 11) is 0. The van der Waals surface area contributed by atoms with Crippen LogP contribution in [0.1, 0.15) is 35.6 Å². The van der Waals surface area contributed by atoms with Gasteiger partial charge in [0.25, 0.3) is 0 Å². The maximum Gasteiger partial charge on any atom is 0.163 e. The smallest absolute Gasteiger partial charge is 0.163 e. The van der Waals surface area contributed by atoms with Crippen LogP contribution in [0, 0.1) is 11.6 Å². The Morgan fingerprint density at radius 3 is 2.45 bits per heavy atom. The SMILES string of the molecule is CC1c2c(ccc(F)c2F)C(c2ccccc2)CN1F. The van der Waals surface area contributed by atoms with Gasteiger partial charge in [-0.25, -0.2) is 8.78 Å². The molecule has 2 aromatic carbocycles. The largest absolute Gasteiger partial charge is 0.204 e. The molecule has 1 heterocycles. The van der Waals surface area contributed by atoms with Crippen LogP contribution in [0.2, 0.25) is 0 Å². The highest BCUT2D eigenvalue weighted by atomic mass is 19.2. The standard InChI is InChI=1S/C16H14F3N/c1-10-15-12(7-8-14(17)16(15)18)13(9-20(10)19)11-5-3-2-4-6-11/h2-8,10,13H,9H2,1H3. The van der Waals surface area contributed by atoms with E-state index in [-0.39, 0.29) is 18.0 Å².